The molecule has 0 saturated carbocycles. The van der Waals surface area contributed by atoms with Crippen LogP contribution in [0.2, 0.25) is 0 Å². The van der Waals surface area contributed by atoms with Gasteiger partial charge in [0.2, 0.25) is 5.91 Å². The lowest BCUT2D eigenvalue weighted by Gasteiger charge is -2.35. The molecule has 138 valence electrons. The maximum absolute atomic E-state index is 13.5. The van der Waals surface area contributed by atoms with Gasteiger partial charge >= 0.3 is 0 Å². The van der Waals surface area contributed by atoms with Crippen molar-refractivity contribution in [3.63, 3.8) is 0 Å². The molecule has 0 bridgehead atoms. The van der Waals surface area contributed by atoms with Crippen molar-refractivity contribution in [2.24, 2.45) is 7.05 Å². The van der Waals surface area contributed by atoms with E-state index in [0.717, 1.165) is 18.4 Å². The molecule has 1 aromatic carbocycles. The molecular weight excluding hydrogens is 337 g/mol. The van der Waals surface area contributed by atoms with Gasteiger partial charge in [-0.25, -0.2) is 4.39 Å². The van der Waals surface area contributed by atoms with Crippen molar-refractivity contribution in [2.45, 2.75) is 31.7 Å². The summed E-state index contributed by atoms with van der Waals surface area (Å²) in [6.45, 7) is 0.928. The predicted octanol–water partition coefficient (Wildman–Crippen LogP) is 1.31. The van der Waals surface area contributed by atoms with Crippen LogP contribution in [0.25, 0.3) is 0 Å². The summed E-state index contributed by atoms with van der Waals surface area (Å²) in [5.41, 5.74) is 1.02. The van der Waals surface area contributed by atoms with Gasteiger partial charge in [0.25, 0.3) is 5.91 Å². The summed E-state index contributed by atoms with van der Waals surface area (Å²) in [5.74, 6) is -0.576. The molecule has 1 fully saturated rings. The number of hydrogen-bond acceptors (Lipinski definition) is 4. The quantitative estimate of drug-likeness (QED) is 0.843. The molecule has 0 unspecified atom stereocenters. The van der Waals surface area contributed by atoms with Gasteiger partial charge in [-0.3, -0.25) is 14.3 Å². The van der Waals surface area contributed by atoms with E-state index in [-0.39, 0.29) is 35.9 Å². The van der Waals surface area contributed by atoms with Gasteiger partial charge in [0.05, 0.1) is 12.2 Å². The lowest BCUT2D eigenvalue weighted by atomic mass is 10.0. The number of amides is 2. The molecule has 0 radical (unpaired) electrons. The summed E-state index contributed by atoms with van der Waals surface area (Å²) < 4.78 is 15.0. The maximum atomic E-state index is 13.5. The number of rotatable bonds is 6. The number of carbonyl (C=O) groups excluding carboxylic acids is 2. The van der Waals surface area contributed by atoms with Crippen LogP contribution >= 0.6 is 0 Å². The van der Waals surface area contributed by atoms with Crippen LogP contribution in [0.5, 0.6) is 0 Å². The zero-order chi connectivity index (χ0) is 18.5. The van der Waals surface area contributed by atoms with Gasteiger partial charge in [-0.15, -0.1) is 5.10 Å². The van der Waals surface area contributed by atoms with Crippen LogP contribution in [-0.4, -0.2) is 50.8 Å². The second-order valence-electron chi connectivity index (χ2n) is 6.52. The second-order valence-corrected chi connectivity index (χ2v) is 6.52. The van der Waals surface area contributed by atoms with Crippen LogP contribution in [0.15, 0.2) is 30.5 Å². The highest BCUT2D eigenvalue weighted by Crippen LogP contribution is 2.17. The fraction of sp³-hybridized carbons (Fsp3) is 0.444. The van der Waals surface area contributed by atoms with Crippen molar-refractivity contribution in [2.75, 3.05) is 13.1 Å². The minimum atomic E-state index is -0.341. The van der Waals surface area contributed by atoms with Gasteiger partial charge in [-0.05, 0) is 37.0 Å². The molecule has 2 heterocycles. The largest absolute Gasteiger partial charge is 0.349 e. The Balaban J connectivity index is 1.71. The molecule has 1 aromatic heterocycles. The molecule has 1 atom stereocenters. The molecule has 0 spiro atoms. The van der Waals surface area contributed by atoms with Crippen molar-refractivity contribution in [3.05, 3.63) is 47.5 Å². The fourth-order valence-corrected chi connectivity index (χ4v) is 3.19. The van der Waals surface area contributed by atoms with E-state index >= 15 is 0 Å². The van der Waals surface area contributed by atoms with Gasteiger partial charge in [-0.2, -0.15) is 0 Å². The number of carbonyl (C=O) groups is 2. The van der Waals surface area contributed by atoms with Gasteiger partial charge in [0.1, 0.15) is 5.82 Å². The third-order valence-corrected chi connectivity index (χ3v) is 4.49. The third kappa shape index (κ3) is 4.44. The van der Waals surface area contributed by atoms with E-state index in [2.05, 4.69) is 15.6 Å². The summed E-state index contributed by atoms with van der Waals surface area (Å²) in [4.78, 5) is 26.4. The number of aryl methyl sites for hydroxylation is 1. The molecule has 2 amide bonds. The maximum Gasteiger partial charge on any atom is 0.273 e. The summed E-state index contributed by atoms with van der Waals surface area (Å²) in [5, 5.41) is 10.4. The SMILES string of the molecule is Cn1cc(C(=O)NC[C@@H](Cc2cccc(F)c2)N2CCCCC2=O)nn1. The van der Waals surface area contributed by atoms with Crippen molar-refractivity contribution in [1.82, 2.24) is 25.2 Å². The lowest BCUT2D eigenvalue weighted by Crippen LogP contribution is -2.50. The number of halogens is 1. The third-order valence-electron chi connectivity index (χ3n) is 4.49. The first-order chi connectivity index (χ1) is 12.5. The molecule has 8 heteroatoms. The Morgan fingerprint density at radius 3 is 2.92 bits per heavy atom. The first-order valence-electron chi connectivity index (χ1n) is 8.71. The Morgan fingerprint density at radius 1 is 1.38 bits per heavy atom. The van der Waals surface area contributed by atoms with Gasteiger partial charge in [-0.1, -0.05) is 17.3 Å². The molecule has 1 saturated heterocycles. The first-order valence-corrected chi connectivity index (χ1v) is 8.71. The summed E-state index contributed by atoms with van der Waals surface area (Å²) >= 11 is 0. The summed E-state index contributed by atoms with van der Waals surface area (Å²) in [6.07, 6.45) is 4.34. The molecule has 1 N–H and O–H groups in total. The van der Waals surface area contributed by atoms with Crippen LogP contribution in [0.1, 0.15) is 35.3 Å². The van der Waals surface area contributed by atoms with Crippen molar-refractivity contribution >= 4 is 11.8 Å². The average molecular weight is 359 g/mol. The van der Waals surface area contributed by atoms with Crippen molar-refractivity contribution in [3.8, 4) is 0 Å². The average Bonchev–Trinajstić information content (AvgIpc) is 3.05. The Kier molecular flexibility index (Phi) is 5.60. The van der Waals surface area contributed by atoms with Crippen molar-refractivity contribution < 1.29 is 14.0 Å². The summed E-state index contributed by atoms with van der Waals surface area (Å²) in [7, 11) is 1.68. The number of benzene rings is 1. The highest BCUT2D eigenvalue weighted by molar-refractivity contribution is 5.91. The second kappa shape index (κ2) is 8.07. The van der Waals surface area contributed by atoms with Crippen LogP contribution in [0, 0.1) is 5.82 Å². The normalized spacial score (nSPS) is 15.8. The van der Waals surface area contributed by atoms with Gasteiger partial charge < -0.3 is 10.2 Å². The number of piperidine rings is 1. The van der Waals surface area contributed by atoms with Gasteiger partial charge in [0, 0.05) is 26.6 Å². The Bertz CT molecular complexity index is 791. The molecule has 2 aromatic rings. The topological polar surface area (TPSA) is 80.1 Å². The van der Waals surface area contributed by atoms with Crippen molar-refractivity contribution in [1.29, 1.82) is 0 Å². The lowest BCUT2D eigenvalue weighted by molar-refractivity contribution is -0.135. The highest BCUT2D eigenvalue weighted by atomic mass is 19.1. The number of nitrogens with zero attached hydrogens (tertiary/aromatic N) is 4. The van der Waals surface area contributed by atoms with Gasteiger partial charge in [0.15, 0.2) is 5.69 Å². The fourth-order valence-electron chi connectivity index (χ4n) is 3.19. The Morgan fingerprint density at radius 2 is 2.23 bits per heavy atom. The van der Waals surface area contributed by atoms with E-state index in [1.54, 1.807) is 18.0 Å². The standard InChI is InChI=1S/C18H22FN5O2/c1-23-12-16(21-22-23)18(26)20-11-15(24-8-3-2-7-17(24)25)10-13-5-4-6-14(19)9-13/h4-6,9,12,15H,2-3,7-8,10-11H2,1H3,(H,20,26)/t15-/m1/s1. The molecule has 1 aliphatic rings. The monoisotopic (exact) mass is 359 g/mol. The minimum Gasteiger partial charge on any atom is -0.349 e. The number of likely N-dealkylation sites (tertiary alicyclic amines) is 1. The molecule has 26 heavy (non-hydrogen) atoms. The van der Waals surface area contributed by atoms with E-state index in [0.29, 0.717) is 19.4 Å². The minimum absolute atomic E-state index is 0.0754. The van der Waals surface area contributed by atoms with E-state index in [9.17, 15) is 14.0 Å². The molecule has 7 nitrogen and oxygen atoms in total. The van der Waals surface area contributed by atoms with Crippen LogP contribution < -0.4 is 5.32 Å². The van der Waals surface area contributed by atoms with Crippen LogP contribution in [-0.2, 0) is 18.3 Å². The van der Waals surface area contributed by atoms with E-state index in [1.807, 2.05) is 6.07 Å². The Labute approximate surface area is 151 Å². The van der Waals surface area contributed by atoms with Crippen LogP contribution in [0.3, 0.4) is 0 Å². The smallest absolute Gasteiger partial charge is 0.273 e. The molecule has 1 aliphatic heterocycles. The zero-order valence-electron chi connectivity index (χ0n) is 14.7. The number of nitrogens with one attached hydrogen (secondary N) is 1. The summed E-state index contributed by atoms with van der Waals surface area (Å²) in [6, 6.07) is 6.10. The first kappa shape index (κ1) is 18.0. The number of hydrogen-bond donors (Lipinski definition) is 1. The molecule has 0 aliphatic carbocycles. The molecular formula is C18H22FN5O2. The van der Waals surface area contributed by atoms with E-state index < -0.39 is 0 Å². The zero-order valence-corrected chi connectivity index (χ0v) is 14.7. The predicted molar refractivity (Wildman–Crippen MR) is 92.8 cm³/mol. The Hall–Kier alpha value is -2.77. The number of aromatic nitrogens is 3. The van der Waals surface area contributed by atoms with Crippen LogP contribution in [0.4, 0.5) is 4.39 Å². The van der Waals surface area contributed by atoms with E-state index in [4.69, 9.17) is 0 Å². The highest BCUT2D eigenvalue weighted by Gasteiger charge is 2.27. The van der Waals surface area contributed by atoms with E-state index in [1.165, 1.54) is 23.0 Å². The molecule has 3 rings (SSSR count).